The number of piperidine rings is 1. The Morgan fingerprint density at radius 2 is 2.05 bits per heavy atom. The summed E-state index contributed by atoms with van der Waals surface area (Å²) in [6.45, 7) is 9.80. The average Bonchev–Trinajstić information content (AvgIpc) is 2.75. The Morgan fingerprint density at radius 1 is 1.30 bits per heavy atom. The lowest BCUT2D eigenvalue weighted by Gasteiger charge is -2.31. The molecule has 0 aromatic carbocycles. The first-order valence-electron chi connectivity index (χ1n) is 7.61. The maximum absolute atomic E-state index is 8.66. The van der Waals surface area contributed by atoms with Crippen LogP contribution in [0.3, 0.4) is 0 Å². The summed E-state index contributed by atoms with van der Waals surface area (Å²) < 4.78 is 7.47. The first kappa shape index (κ1) is 15.5. The van der Waals surface area contributed by atoms with Gasteiger partial charge in [0, 0.05) is 18.8 Å². The molecule has 1 aromatic heterocycles. The third kappa shape index (κ3) is 4.58. The Balaban J connectivity index is 1.68. The summed E-state index contributed by atoms with van der Waals surface area (Å²) in [4.78, 5) is 2.45. The highest BCUT2D eigenvalue weighted by molar-refractivity contribution is 5.06. The average molecular weight is 281 g/mol. The summed E-state index contributed by atoms with van der Waals surface area (Å²) in [5, 5.41) is 13.2. The van der Waals surface area contributed by atoms with Gasteiger partial charge in [0.05, 0.1) is 25.5 Å². The van der Waals surface area contributed by atoms with E-state index in [-0.39, 0.29) is 6.61 Å². The first-order valence-corrected chi connectivity index (χ1v) is 7.61. The molecule has 1 N–H and O–H groups in total. The molecule has 114 valence electrons. The van der Waals surface area contributed by atoms with Crippen LogP contribution >= 0.6 is 0 Å². The molecule has 0 amide bonds. The van der Waals surface area contributed by atoms with Gasteiger partial charge in [-0.2, -0.15) is 5.10 Å². The van der Waals surface area contributed by atoms with Crippen molar-refractivity contribution < 1.29 is 9.84 Å². The lowest BCUT2D eigenvalue weighted by molar-refractivity contribution is 0.0635. The van der Waals surface area contributed by atoms with E-state index in [1.54, 1.807) is 0 Å². The fourth-order valence-electron chi connectivity index (χ4n) is 2.86. The van der Waals surface area contributed by atoms with E-state index in [1.165, 1.54) is 18.5 Å². The zero-order chi connectivity index (χ0) is 14.4. The van der Waals surface area contributed by atoms with Crippen molar-refractivity contribution in [1.82, 2.24) is 14.7 Å². The standard InChI is InChI=1S/C15H27N3O2/c1-13-11-14(2)18(16-13)12-15-3-5-17(6-4-15)7-9-20-10-8-19/h11,15,19H,3-10,12H2,1-2H3. The number of likely N-dealkylation sites (tertiary alicyclic amines) is 1. The lowest BCUT2D eigenvalue weighted by atomic mass is 9.97. The Labute approximate surface area is 121 Å². The lowest BCUT2D eigenvalue weighted by Crippen LogP contribution is -2.37. The van der Waals surface area contributed by atoms with E-state index >= 15 is 0 Å². The van der Waals surface area contributed by atoms with Gasteiger partial charge >= 0.3 is 0 Å². The van der Waals surface area contributed by atoms with Gasteiger partial charge in [-0.15, -0.1) is 0 Å². The third-order valence-electron chi connectivity index (χ3n) is 4.03. The van der Waals surface area contributed by atoms with Crippen LogP contribution in [0.1, 0.15) is 24.2 Å². The molecule has 0 spiro atoms. The molecule has 1 fully saturated rings. The second-order valence-corrected chi connectivity index (χ2v) is 5.73. The van der Waals surface area contributed by atoms with Crippen LogP contribution in [0.15, 0.2) is 6.07 Å². The number of hydrogen-bond acceptors (Lipinski definition) is 4. The summed E-state index contributed by atoms with van der Waals surface area (Å²) in [5.74, 6) is 0.739. The maximum atomic E-state index is 8.66. The molecule has 1 aliphatic rings. The van der Waals surface area contributed by atoms with Crippen LogP contribution in [0.5, 0.6) is 0 Å². The molecule has 5 heteroatoms. The molecule has 0 bridgehead atoms. The highest BCUT2D eigenvalue weighted by Gasteiger charge is 2.20. The number of aromatic nitrogens is 2. The van der Waals surface area contributed by atoms with Gasteiger partial charge in [-0.1, -0.05) is 0 Å². The van der Waals surface area contributed by atoms with Crippen molar-refractivity contribution in [3.05, 3.63) is 17.5 Å². The number of ether oxygens (including phenoxy) is 1. The molecule has 1 aromatic rings. The molecule has 5 nitrogen and oxygen atoms in total. The van der Waals surface area contributed by atoms with Gasteiger partial charge in [-0.3, -0.25) is 4.68 Å². The fourth-order valence-corrected chi connectivity index (χ4v) is 2.86. The van der Waals surface area contributed by atoms with Crippen molar-refractivity contribution in [3.63, 3.8) is 0 Å². The highest BCUT2D eigenvalue weighted by atomic mass is 16.5. The number of aliphatic hydroxyl groups excluding tert-OH is 1. The van der Waals surface area contributed by atoms with E-state index in [0.717, 1.165) is 44.4 Å². The number of nitrogens with zero attached hydrogens (tertiary/aromatic N) is 3. The molecule has 0 saturated carbocycles. The van der Waals surface area contributed by atoms with Crippen molar-refractivity contribution >= 4 is 0 Å². The summed E-state index contributed by atoms with van der Waals surface area (Å²) in [6.07, 6.45) is 2.47. The first-order chi connectivity index (χ1) is 9.69. The minimum absolute atomic E-state index is 0.116. The normalized spacial score (nSPS) is 17.8. The largest absolute Gasteiger partial charge is 0.394 e. The van der Waals surface area contributed by atoms with Gasteiger partial charge in [0.15, 0.2) is 0 Å². The second kappa shape index (κ2) is 7.76. The quantitative estimate of drug-likeness (QED) is 0.764. The number of hydrogen-bond donors (Lipinski definition) is 1. The van der Waals surface area contributed by atoms with E-state index in [2.05, 4.69) is 34.6 Å². The van der Waals surface area contributed by atoms with E-state index in [4.69, 9.17) is 9.84 Å². The Kier molecular flexibility index (Phi) is 6.01. The topological polar surface area (TPSA) is 50.5 Å². The van der Waals surface area contributed by atoms with E-state index in [0.29, 0.717) is 6.61 Å². The number of aryl methyl sites for hydroxylation is 2. The van der Waals surface area contributed by atoms with Crippen LogP contribution in [0.4, 0.5) is 0 Å². The van der Waals surface area contributed by atoms with E-state index in [9.17, 15) is 0 Å². The molecule has 0 aliphatic carbocycles. The highest BCUT2D eigenvalue weighted by Crippen LogP contribution is 2.19. The minimum atomic E-state index is 0.116. The van der Waals surface area contributed by atoms with Crippen LogP contribution in [-0.4, -0.2) is 59.2 Å². The van der Waals surface area contributed by atoms with Crippen LogP contribution in [0, 0.1) is 19.8 Å². The Hall–Kier alpha value is -0.910. The molecule has 0 radical (unpaired) electrons. The monoisotopic (exact) mass is 281 g/mol. The molecular formula is C15H27N3O2. The third-order valence-corrected chi connectivity index (χ3v) is 4.03. The van der Waals surface area contributed by atoms with Crippen LogP contribution < -0.4 is 0 Å². The summed E-state index contributed by atoms with van der Waals surface area (Å²) >= 11 is 0. The van der Waals surface area contributed by atoms with E-state index in [1.807, 2.05) is 0 Å². The smallest absolute Gasteiger partial charge is 0.0698 e. The Bertz CT molecular complexity index is 398. The van der Waals surface area contributed by atoms with Gasteiger partial charge < -0.3 is 14.7 Å². The predicted molar refractivity (Wildman–Crippen MR) is 78.8 cm³/mol. The number of aliphatic hydroxyl groups is 1. The molecule has 2 rings (SSSR count). The molecule has 0 unspecified atom stereocenters. The molecule has 2 heterocycles. The van der Waals surface area contributed by atoms with Gasteiger partial charge in [-0.05, 0) is 51.8 Å². The van der Waals surface area contributed by atoms with Crippen molar-refractivity contribution in [1.29, 1.82) is 0 Å². The second-order valence-electron chi connectivity index (χ2n) is 5.73. The summed E-state index contributed by atoms with van der Waals surface area (Å²) in [7, 11) is 0. The minimum Gasteiger partial charge on any atom is -0.394 e. The van der Waals surface area contributed by atoms with Crippen molar-refractivity contribution in [2.24, 2.45) is 5.92 Å². The molecular weight excluding hydrogens is 254 g/mol. The Morgan fingerprint density at radius 3 is 2.65 bits per heavy atom. The molecule has 20 heavy (non-hydrogen) atoms. The predicted octanol–water partition coefficient (Wildman–Crippen LogP) is 1.22. The maximum Gasteiger partial charge on any atom is 0.0698 e. The van der Waals surface area contributed by atoms with Crippen molar-refractivity contribution in [2.75, 3.05) is 39.5 Å². The number of rotatable bonds is 7. The fraction of sp³-hybridized carbons (Fsp3) is 0.800. The van der Waals surface area contributed by atoms with Gasteiger partial charge in [0.25, 0.3) is 0 Å². The van der Waals surface area contributed by atoms with Gasteiger partial charge in [-0.25, -0.2) is 0 Å². The van der Waals surface area contributed by atoms with Crippen LogP contribution in [0.2, 0.25) is 0 Å². The zero-order valence-electron chi connectivity index (χ0n) is 12.7. The summed E-state index contributed by atoms with van der Waals surface area (Å²) in [6, 6.07) is 2.15. The van der Waals surface area contributed by atoms with E-state index < -0.39 is 0 Å². The van der Waals surface area contributed by atoms with Crippen molar-refractivity contribution in [2.45, 2.75) is 33.2 Å². The van der Waals surface area contributed by atoms with Gasteiger partial charge in [0.1, 0.15) is 0 Å². The molecule has 0 atom stereocenters. The SMILES string of the molecule is Cc1cc(C)n(CC2CCN(CCOCCO)CC2)n1. The van der Waals surface area contributed by atoms with Crippen LogP contribution in [0.25, 0.3) is 0 Å². The van der Waals surface area contributed by atoms with Gasteiger partial charge in [0.2, 0.25) is 0 Å². The molecule has 1 aliphatic heterocycles. The molecule has 1 saturated heterocycles. The van der Waals surface area contributed by atoms with Crippen molar-refractivity contribution in [3.8, 4) is 0 Å². The summed E-state index contributed by atoms with van der Waals surface area (Å²) in [5.41, 5.74) is 2.38. The zero-order valence-corrected chi connectivity index (χ0v) is 12.7. The van der Waals surface area contributed by atoms with Crippen LogP contribution in [-0.2, 0) is 11.3 Å².